The van der Waals surface area contributed by atoms with Crippen molar-refractivity contribution in [1.82, 2.24) is 0 Å². The normalized spacial score (nSPS) is 14.8. The van der Waals surface area contributed by atoms with Crippen molar-refractivity contribution in [3.63, 3.8) is 0 Å². The Hall–Kier alpha value is -1.07. The third-order valence-electron chi connectivity index (χ3n) is 2.28. The van der Waals surface area contributed by atoms with Crippen molar-refractivity contribution in [3.8, 4) is 0 Å². The average Bonchev–Trinajstić information content (AvgIpc) is 2.20. The first kappa shape index (κ1) is 13.0. The van der Waals surface area contributed by atoms with E-state index in [1.165, 1.54) is 6.92 Å². The minimum Gasteiger partial charge on any atom is -0.411 e. The van der Waals surface area contributed by atoms with Crippen LogP contribution >= 0.6 is 11.6 Å². The molecule has 1 atom stereocenters. The van der Waals surface area contributed by atoms with Crippen molar-refractivity contribution >= 4 is 27.1 Å². The summed E-state index contributed by atoms with van der Waals surface area (Å²) in [4.78, 5) is 0. The smallest absolute Gasteiger partial charge is 0.155 e. The van der Waals surface area contributed by atoms with Gasteiger partial charge in [-0.05, 0) is 19.1 Å². The molecule has 1 aromatic carbocycles. The predicted molar refractivity (Wildman–Crippen MR) is 64.1 cm³/mol. The lowest BCUT2D eigenvalue weighted by Gasteiger charge is -2.11. The highest BCUT2D eigenvalue weighted by molar-refractivity contribution is 7.92. The molecule has 0 aliphatic carbocycles. The van der Waals surface area contributed by atoms with E-state index >= 15 is 0 Å². The first-order valence-corrected chi connectivity index (χ1v) is 6.86. The van der Waals surface area contributed by atoms with Crippen LogP contribution in [0.4, 0.5) is 0 Å². The Morgan fingerprint density at radius 3 is 2.25 bits per heavy atom. The van der Waals surface area contributed by atoms with Crippen LogP contribution in [0.15, 0.2) is 29.4 Å². The summed E-state index contributed by atoms with van der Waals surface area (Å²) in [6.45, 7) is 1.47. The molecule has 0 heterocycles. The number of benzene rings is 1. The van der Waals surface area contributed by atoms with Crippen molar-refractivity contribution in [2.75, 3.05) is 6.26 Å². The fourth-order valence-corrected chi connectivity index (χ4v) is 1.91. The standard InChI is InChI=1S/C10H12ClNO3S/c1-7(16(2,14)15)10(12-13)8-3-5-9(11)6-4-8/h3-7,13H,1-2H3/b12-10-. The number of rotatable bonds is 3. The van der Waals surface area contributed by atoms with E-state index < -0.39 is 15.1 Å². The summed E-state index contributed by atoms with van der Waals surface area (Å²) in [6.07, 6.45) is 1.10. The molecule has 1 rings (SSSR count). The predicted octanol–water partition coefficient (Wildman–Crippen LogP) is 1.95. The third kappa shape index (κ3) is 2.96. The number of halogens is 1. The SMILES string of the molecule is CC(/C(=N/O)c1ccc(Cl)cc1)S(C)(=O)=O. The van der Waals surface area contributed by atoms with E-state index in [4.69, 9.17) is 16.8 Å². The number of hydrogen-bond acceptors (Lipinski definition) is 4. The molecule has 0 aromatic heterocycles. The molecule has 0 spiro atoms. The zero-order valence-electron chi connectivity index (χ0n) is 8.88. The van der Waals surface area contributed by atoms with Gasteiger partial charge in [-0.2, -0.15) is 0 Å². The van der Waals surface area contributed by atoms with Gasteiger partial charge in [0.15, 0.2) is 9.84 Å². The Morgan fingerprint density at radius 2 is 1.88 bits per heavy atom. The number of sulfone groups is 1. The largest absolute Gasteiger partial charge is 0.411 e. The van der Waals surface area contributed by atoms with Gasteiger partial charge in [-0.25, -0.2) is 8.42 Å². The topological polar surface area (TPSA) is 66.7 Å². The van der Waals surface area contributed by atoms with Gasteiger partial charge >= 0.3 is 0 Å². The van der Waals surface area contributed by atoms with Crippen LogP contribution in [0.1, 0.15) is 12.5 Å². The molecular formula is C10H12ClNO3S. The van der Waals surface area contributed by atoms with Gasteiger partial charge in [0.2, 0.25) is 0 Å². The van der Waals surface area contributed by atoms with E-state index in [1.807, 2.05) is 0 Å². The zero-order chi connectivity index (χ0) is 12.3. The summed E-state index contributed by atoms with van der Waals surface area (Å²) in [7, 11) is -3.30. The van der Waals surface area contributed by atoms with Crippen molar-refractivity contribution in [2.24, 2.45) is 5.16 Å². The Labute approximate surface area is 99.5 Å². The molecule has 0 aliphatic heterocycles. The highest BCUT2D eigenvalue weighted by Crippen LogP contribution is 2.14. The highest BCUT2D eigenvalue weighted by atomic mass is 35.5. The molecule has 1 N–H and O–H groups in total. The van der Waals surface area contributed by atoms with Gasteiger partial charge in [-0.3, -0.25) is 0 Å². The van der Waals surface area contributed by atoms with Crippen LogP contribution in [-0.4, -0.2) is 30.8 Å². The maximum absolute atomic E-state index is 11.4. The Morgan fingerprint density at radius 1 is 1.38 bits per heavy atom. The summed E-state index contributed by atoms with van der Waals surface area (Å²) in [6, 6.07) is 6.44. The molecule has 4 nitrogen and oxygen atoms in total. The van der Waals surface area contributed by atoms with E-state index in [-0.39, 0.29) is 5.71 Å². The summed E-state index contributed by atoms with van der Waals surface area (Å²) >= 11 is 5.71. The first-order valence-electron chi connectivity index (χ1n) is 4.53. The summed E-state index contributed by atoms with van der Waals surface area (Å²) < 4.78 is 22.7. The molecule has 0 fully saturated rings. The molecular weight excluding hydrogens is 250 g/mol. The Kier molecular flexibility index (Phi) is 3.93. The lowest BCUT2D eigenvalue weighted by Crippen LogP contribution is -2.27. The van der Waals surface area contributed by atoms with E-state index in [0.29, 0.717) is 10.6 Å². The van der Waals surface area contributed by atoms with Crippen LogP contribution < -0.4 is 0 Å². The zero-order valence-corrected chi connectivity index (χ0v) is 10.5. The van der Waals surface area contributed by atoms with Crippen LogP contribution in [0, 0.1) is 0 Å². The van der Waals surface area contributed by atoms with E-state index in [1.54, 1.807) is 24.3 Å². The van der Waals surface area contributed by atoms with Gasteiger partial charge < -0.3 is 5.21 Å². The molecule has 1 unspecified atom stereocenters. The molecule has 0 saturated carbocycles. The van der Waals surface area contributed by atoms with Crippen LogP contribution in [0.25, 0.3) is 0 Å². The minimum absolute atomic E-state index is 0.110. The van der Waals surface area contributed by atoms with E-state index in [2.05, 4.69) is 5.16 Å². The van der Waals surface area contributed by atoms with Crippen molar-refractivity contribution in [1.29, 1.82) is 0 Å². The number of nitrogens with zero attached hydrogens (tertiary/aromatic N) is 1. The second-order valence-electron chi connectivity index (χ2n) is 3.46. The average molecular weight is 262 g/mol. The first-order chi connectivity index (χ1) is 7.36. The third-order valence-corrected chi connectivity index (χ3v) is 4.03. The van der Waals surface area contributed by atoms with Crippen molar-refractivity contribution in [3.05, 3.63) is 34.9 Å². The van der Waals surface area contributed by atoms with Crippen LogP contribution in [-0.2, 0) is 9.84 Å². The maximum atomic E-state index is 11.4. The van der Waals surface area contributed by atoms with Gasteiger partial charge in [0.05, 0.1) is 0 Å². The second-order valence-corrected chi connectivity index (χ2v) is 6.27. The molecule has 88 valence electrons. The van der Waals surface area contributed by atoms with Gasteiger partial charge in [0.1, 0.15) is 11.0 Å². The molecule has 0 aliphatic rings. The summed E-state index contributed by atoms with van der Waals surface area (Å²) in [5.41, 5.74) is 0.643. The van der Waals surface area contributed by atoms with E-state index in [0.717, 1.165) is 6.26 Å². The molecule has 0 bridgehead atoms. The van der Waals surface area contributed by atoms with Crippen molar-refractivity contribution in [2.45, 2.75) is 12.2 Å². The van der Waals surface area contributed by atoms with Crippen LogP contribution in [0.2, 0.25) is 5.02 Å². The maximum Gasteiger partial charge on any atom is 0.155 e. The van der Waals surface area contributed by atoms with Gasteiger partial charge in [0, 0.05) is 16.8 Å². The van der Waals surface area contributed by atoms with Gasteiger partial charge in [-0.1, -0.05) is 28.9 Å². The summed E-state index contributed by atoms with van der Waals surface area (Å²) in [5.74, 6) is 0. The summed E-state index contributed by atoms with van der Waals surface area (Å²) in [5, 5.41) is 11.6. The number of oxime groups is 1. The quantitative estimate of drug-likeness (QED) is 0.514. The second kappa shape index (κ2) is 4.84. The monoisotopic (exact) mass is 261 g/mol. The fraction of sp³-hybridized carbons (Fsp3) is 0.300. The number of hydrogen-bond donors (Lipinski definition) is 1. The molecule has 6 heteroatoms. The minimum atomic E-state index is -3.30. The van der Waals surface area contributed by atoms with Crippen LogP contribution in [0.3, 0.4) is 0 Å². The Bertz CT molecular complexity index is 493. The molecule has 16 heavy (non-hydrogen) atoms. The highest BCUT2D eigenvalue weighted by Gasteiger charge is 2.23. The van der Waals surface area contributed by atoms with Crippen LogP contribution in [0.5, 0.6) is 0 Å². The Balaban J connectivity index is 3.15. The lowest BCUT2D eigenvalue weighted by molar-refractivity contribution is 0.318. The van der Waals surface area contributed by atoms with Crippen molar-refractivity contribution < 1.29 is 13.6 Å². The molecule has 0 amide bonds. The van der Waals surface area contributed by atoms with Gasteiger partial charge in [-0.15, -0.1) is 0 Å². The fourth-order valence-electron chi connectivity index (χ4n) is 1.20. The molecule has 1 aromatic rings. The molecule has 0 radical (unpaired) electrons. The lowest BCUT2D eigenvalue weighted by atomic mass is 10.1. The van der Waals surface area contributed by atoms with Gasteiger partial charge in [0.25, 0.3) is 0 Å². The molecule has 0 saturated heterocycles. The van der Waals surface area contributed by atoms with E-state index in [9.17, 15) is 8.42 Å².